The van der Waals surface area contributed by atoms with E-state index in [0.29, 0.717) is 48.3 Å². The van der Waals surface area contributed by atoms with Gasteiger partial charge in [0.05, 0.1) is 6.61 Å². The second-order valence-corrected chi connectivity index (χ2v) is 8.63. The van der Waals surface area contributed by atoms with Gasteiger partial charge in [-0.05, 0) is 92.9 Å². The highest BCUT2D eigenvalue weighted by atomic mass is 19.2. The maximum Gasteiger partial charge on any atom is 0.200 e. The molecule has 0 spiro atoms. The van der Waals surface area contributed by atoms with Crippen molar-refractivity contribution in [1.82, 2.24) is 0 Å². The van der Waals surface area contributed by atoms with E-state index in [2.05, 4.69) is 12.7 Å². The topological polar surface area (TPSA) is 9.23 Å². The van der Waals surface area contributed by atoms with Crippen LogP contribution in [0.25, 0.3) is 0 Å². The zero-order chi connectivity index (χ0) is 23.8. The van der Waals surface area contributed by atoms with Crippen molar-refractivity contribution in [2.75, 3.05) is 6.61 Å². The standard InChI is InChI=1S/C28H32F4O/c1-3-5-9-21-15-17-23(27(31)25(21)29)20-13-11-19(12-14-20)8-6-7-10-22-16-18-24(33-4-2)28(32)26(22)30/h3,6,8,15-20H,1,4-5,7,9-14H2,2H3. The molecule has 1 saturated carbocycles. The Morgan fingerprint density at radius 1 is 0.848 bits per heavy atom. The summed E-state index contributed by atoms with van der Waals surface area (Å²) in [6.45, 7) is 5.63. The van der Waals surface area contributed by atoms with E-state index in [0.717, 1.165) is 25.7 Å². The van der Waals surface area contributed by atoms with Gasteiger partial charge in [-0.1, -0.05) is 36.4 Å². The van der Waals surface area contributed by atoms with Gasteiger partial charge in [0.15, 0.2) is 23.2 Å². The lowest BCUT2D eigenvalue weighted by atomic mass is 9.78. The second-order valence-electron chi connectivity index (χ2n) is 8.63. The van der Waals surface area contributed by atoms with Gasteiger partial charge in [-0.15, -0.1) is 6.58 Å². The molecule has 1 aliphatic rings. The Bertz CT molecular complexity index is 974. The van der Waals surface area contributed by atoms with Crippen LogP contribution in [0.5, 0.6) is 5.75 Å². The first-order valence-corrected chi connectivity index (χ1v) is 11.8. The van der Waals surface area contributed by atoms with Gasteiger partial charge in [-0.25, -0.2) is 13.2 Å². The average Bonchev–Trinajstić information content (AvgIpc) is 2.82. The number of halogens is 4. The third-order valence-electron chi connectivity index (χ3n) is 6.44. The van der Waals surface area contributed by atoms with Crippen molar-refractivity contribution in [3.8, 4) is 5.75 Å². The van der Waals surface area contributed by atoms with Crippen LogP contribution in [-0.2, 0) is 12.8 Å². The summed E-state index contributed by atoms with van der Waals surface area (Å²) in [4.78, 5) is 0. The summed E-state index contributed by atoms with van der Waals surface area (Å²) in [5.41, 5.74) is 1.21. The molecule has 0 unspecified atom stereocenters. The number of aryl methyl sites for hydroxylation is 2. The smallest absolute Gasteiger partial charge is 0.200 e. The lowest BCUT2D eigenvalue weighted by molar-refractivity contribution is 0.313. The average molecular weight is 461 g/mol. The molecule has 33 heavy (non-hydrogen) atoms. The molecule has 2 aromatic carbocycles. The van der Waals surface area contributed by atoms with Crippen LogP contribution in [0.1, 0.15) is 68.1 Å². The molecule has 0 heterocycles. The number of hydrogen-bond acceptors (Lipinski definition) is 1. The summed E-state index contributed by atoms with van der Waals surface area (Å²) < 4.78 is 62.3. The summed E-state index contributed by atoms with van der Waals surface area (Å²) in [7, 11) is 0. The van der Waals surface area contributed by atoms with Gasteiger partial charge < -0.3 is 4.74 Å². The van der Waals surface area contributed by atoms with Crippen molar-refractivity contribution in [3.63, 3.8) is 0 Å². The van der Waals surface area contributed by atoms with Crippen LogP contribution in [0, 0.1) is 29.2 Å². The van der Waals surface area contributed by atoms with Gasteiger partial charge in [-0.3, -0.25) is 0 Å². The van der Waals surface area contributed by atoms with Crippen molar-refractivity contribution < 1.29 is 22.3 Å². The van der Waals surface area contributed by atoms with E-state index in [4.69, 9.17) is 4.74 Å². The highest BCUT2D eigenvalue weighted by Gasteiger charge is 2.25. The molecule has 3 rings (SSSR count). The number of hydrogen-bond donors (Lipinski definition) is 0. The SMILES string of the molecule is C=CCCc1ccc(C2CCC(C=CCCc3ccc(OCC)c(F)c3F)CC2)c(F)c1F. The zero-order valence-corrected chi connectivity index (χ0v) is 19.2. The molecule has 0 aromatic heterocycles. The van der Waals surface area contributed by atoms with E-state index < -0.39 is 23.3 Å². The van der Waals surface area contributed by atoms with Gasteiger partial charge >= 0.3 is 0 Å². The molecule has 1 fully saturated rings. The highest BCUT2D eigenvalue weighted by Crippen LogP contribution is 2.38. The maximum atomic E-state index is 14.6. The van der Waals surface area contributed by atoms with Crippen LogP contribution >= 0.6 is 0 Å². The molecule has 5 heteroatoms. The third kappa shape index (κ3) is 6.27. The normalized spacial score (nSPS) is 18.6. The molecular weight excluding hydrogens is 428 g/mol. The Kier molecular flexibility index (Phi) is 9.16. The maximum absolute atomic E-state index is 14.6. The predicted octanol–water partition coefficient (Wildman–Crippen LogP) is 8.22. The van der Waals surface area contributed by atoms with E-state index in [-0.39, 0.29) is 18.3 Å². The minimum absolute atomic E-state index is 0.0264. The molecule has 0 saturated heterocycles. The largest absolute Gasteiger partial charge is 0.491 e. The molecule has 0 radical (unpaired) electrons. The molecule has 0 N–H and O–H groups in total. The number of allylic oxidation sites excluding steroid dienone is 3. The van der Waals surface area contributed by atoms with Crippen molar-refractivity contribution in [3.05, 3.63) is 89.0 Å². The van der Waals surface area contributed by atoms with Gasteiger partial charge in [0, 0.05) is 0 Å². The summed E-state index contributed by atoms with van der Waals surface area (Å²) in [6, 6.07) is 6.48. The van der Waals surface area contributed by atoms with E-state index in [1.807, 2.05) is 6.08 Å². The molecule has 0 aliphatic heterocycles. The second kappa shape index (κ2) is 12.1. The minimum Gasteiger partial charge on any atom is -0.491 e. The van der Waals surface area contributed by atoms with Crippen LogP contribution < -0.4 is 4.74 Å². The Morgan fingerprint density at radius 2 is 1.48 bits per heavy atom. The summed E-state index contributed by atoms with van der Waals surface area (Å²) in [5, 5.41) is 0. The Hall–Kier alpha value is -2.56. The van der Waals surface area contributed by atoms with Crippen molar-refractivity contribution >= 4 is 0 Å². The van der Waals surface area contributed by atoms with Crippen LogP contribution in [0.2, 0.25) is 0 Å². The van der Waals surface area contributed by atoms with E-state index in [9.17, 15) is 17.6 Å². The molecule has 1 nitrogen and oxygen atoms in total. The van der Waals surface area contributed by atoms with Crippen molar-refractivity contribution in [2.45, 2.75) is 64.2 Å². The fourth-order valence-electron chi connectivity index (χ4n) is 4.55. The monoisotopic (exact) mass is 460 g/mol. The quantitative estimate of drug-likeness (QED) is 0.256. The molecule has 1 aliphatic carbocycles. The van der Waals surface area contributed by atoms with Gasteiger partial charge in [0.2, 0.25) is 5.82 Å². The van der Waals surface area contributed by atoms with E-state index in [1.54, 1.807) is 31.2 Å². The minimum atomic E-state index is -0.936. The predicted molar refractivity (Wildman–Crippen MR) is 125 cm³/mol. The first-order chi connectivity index (χ1) is 16.0. The van der Waals surface area contributed by atoms with Crippen LogP contribution in [0.15, 0.2) is 49.1 Å². The van der Waals surface area contributed by atoms with Crippen molar-refractivity contribution in [1.29, 1.82) is 0 Å². The number of rotatable bonds is 10. The number of benzene rings is 2. The molecule has 0 atom stereocenters. The molecule has 178 valence electrons. The third-order valence-corrected chi connectivity index (χ3v) is 6.44. The van der Waals surface area contributed by atoms with Crippen LogP contribution in [-0.4, -0.2) is 6.61 Å². The van der Waals surface area contributed by atoms with Gasteiger partial charge in [-0.2, -0.15) is 4.39 Å². The number of ether oxygens (including phenoxy) is 1. The fourth-order valence-corrected chi connectivity index (χ4v) is 4.55. The van der Waals surface area contributed by atoms with Crippen molar-refractivity contribution in [2.24, 2.45) is 5.92 Å². The Labute approximate surface area is 194 Å². The van der Waals surface area contributed by atoms with E-state index >= 15 is 0 Å². The first kappa shape index (κ1) is 25.1. The first-order valence-electron chi connectivity index (χ1n) is 11.8. The lowest BCUT2D eigenvalue weighted by Crippen LogP contribution is -2.14. The summed E-state index contributed by atoms with van der Waals surface area (Å²) >= 11 is 0. The highest BCUT2D eigenvalue weighted by molar-refractivity contribution is 5.32. The molecule has 0 bridgehead atoms. The fraction of sp³-hybridized carbons (Fsp3) is 0.429. The molecular formula is C28H32F4O. The van der Waals surface area contributed by atoms with Gasteiger partial charge in [0.25, 0.3) is 0 Å². The zero-order valence-electron chi connectivity index (χ0n) is 19.2. The van der Waals surface area contributed by atoms with E-state index in [1.165, 1.54) is 6.07 Å². The molecule has 2 aromatic rings. The van der Waals surface area contributed by atoms with Crippen LogP contribution in [0.3, 0.4) is 0 Å². The Balaban J connectivity index is 1.50. The van der Waals surface area contributed by atoms with Gasteiger partial charge in [0.1, 0.15) is 0 Å². The lowest BCUT2D eigenvalue weighted by Gasteiger charge is -2.27. The van der Waals surface area contributed by atoms with Crippen LogP contribution in [0.4, 0.5) is 17.6 Å². The molecule has 0 amide bonds. The Morgan fingerprint density at radius 3 is 2.15 bits per heavy atom. The summed E-state index contributed by atoms with van der Waals surface area (Å²) in [5.74, 6) is -2.89. The summed E-state index contributed by atoms with van der Waals surface area (Å²) in [6.07, 6.45) is 11.3.